The minimum absolute atomic E-state index is 0.175. The zero-order valence-corrected chi connectivity index (χ0v) is 14.1. The van der Waals surface area contributed by atoms with E-state index >= 15 is 0 Å². The second kappa shape index (κ2) is 6.29. The molecule has 0 amide bonds. The van der Waals surface area contributed by atoms with Crippen molar-refractivity contribution < 1.29 is 9.29 Å². The van der Waals surface area contributed by atoms with Crippen molar-refractivity contribution in [2.45, 2.75) is 0 Å². The molecular formula is C19H20FN4O+. The summed E-state index contributed by atoms with van der Waals surface area (Å²) in [6.45, 7) is 4.15. The molecule has 0 spiro atoms. The summed E-state index contributed by atoms with van der Waals surface area (Å²) in [6.07, 6.45) is 0. The Kier molecular flexibility index (Phi) is 3.97. The van der Waals surface area contributed by atoms with Crippen LogP contribution in [-0.4, -0.2) is 43.2 Å². The first-order valence-corrected chi connectivity index (χ1v) is 8.46. The Morgan fingerprint density at radius 3 is 2.56 bits per heavy atom. The summed E-state index contributed by atoms with van der Waals surface area (Å²) >= 11 is 0. The number of nitrogens with one attached hydrogen (secondary N) is 2. The summed E-state index contributed by atoms with van der Waals surface area (Å²) in [5.74, 6) is 0.138. The van der Waals surface area contributed by atoms with Crippen LogP contribution in [0.5, 0.6) is 0 Å². The predicted octanol–water partition coefficient (Wildman–Crippen LogP) is 1.06. The minimum Gasteiger partial charge on any atom is -0.360 e. The molecule has 0 atom stereocenters. The van der Waals surface area contributed by atoms with Crippen LogP contribution < -0.4 is 15.4 Å². The van der Waals surface area contributed by atoms with Gasteiger partial charge in [-0.25, -0.2) is 9.37 Å². The molecule has 25 heavy (non-hydrogen) atoms. The summed E-state index contributed by atoms with van der Waals surface area (Å²) in [5.41, 5.74) is 2.21. The topological polar surface area (TPSA) is 53.4 Å². The fourth-order valence-electron chi connectivity index (χ4n) is 3.21. The number of hydrogen-bond donors (Lipinski definition) is 2. The number of H-pyrrole nitrogens is 1. The average molecular weight is 339 g/mol. The number of nitrogens with zero attached hydrogens (tertiary/aromatic N) is 2. The van der Waals surface area contributed by atoms with Crippen molar-refractivity contribution in [2.75, 3.05) is 38.1 Å². The molecule has 3 aromatic rings. The van der Waals surface area contributed by atoms with Gasteiger partial charge in [0.1, 0.15) is 11.6 Å². The van der Waals surface area contributed by atoms with Crippen LogP contribution in [0.1, 0.15) is 0 Å². The van der Waals surface area contributed by atoms with Crippen molar-refractivity contribution in [2.24, 2.45) is 0 Å². The normalized spacial score (nSPS) is 15.7. The summed E-state index contributed by atoms with van der Waals surface area (Å²) < 4.78 is 13.1. The molecule has 1 aliphatic rings. The number of aromatic amines is 1. The zero-order chi connectivity index (χ0) is 17.4. The van der Waals surface area contributed by atoms with Crippen molar-refractivity contribution in [3.8, 4) is 11.4 Å². The van der Waals surface area contributed by atoms with E-state index in [0.717, 1.165) is 31.9 Å². The number of likely N-dealkylation sites (N-methyl/N-ethyl adjacent to an activating group) is 1. The Balaban J connectivity index is 1.72. The molecule has 0 aliphatic carbocycles. The largest absolute Gasteiger partial charge is 0.360 e. The first-order valence-electron chi connectivity index (χ1n) is 8.46. The first kappa shape index (κ1) is 15.8. The highest BCUT2D eigenvalue weighted by molar-refractivity contribution is 5.83. The van der Waals surface area contributed by atoms with Gasteiger partial charge < -0.3 is 14.8 Å². The van der Waals surface area contributed by atoms with Gasteiger partial charge in [-0.3, -0.25) is 4.79 Å². The van der Waals surface area contributed by atoms with Crippen LogP contribution in [0.15, 0.2) is 47.3 Å². The van der Waals surface area contributed by atoms with Crippen molar-refractivity contribution >= 4 is 16.6 Å². The molecule has 2 aromatic carbocycles. The molecule has 5 nitrogen and oxygen atoms in total. The SMILES string of the molecule is C[NH+]1CCN(c2ccc3nc(-c4ccc(F)cc4)[nH]c(=O)c3c2)CC1. The third-order valence-corrected chi connectivity index (χ3v) is 4.79. The predicted molar refractivity (Wildman–Crippen MR) is 96.6 cm³/mol. The van der Waals surface area contributed by atoms with Gasteiger partial charge >= 0.3 is 0 Å². The van der Waals surface area contributed by atoms with Crippen LogP contribution in [0.2, 0.25) is 0 Å². The zero-order valence-electron chi connectivity index (χ0n) is 14.1. The standard InChI is InChI=1S/C19H19FN4O/c1-23-8-10-24(11-9-23)15-6-7-17-16(12-15)19(25)22-18(21-17)13-2-4-14(20)5-3-13/h2-7,12H,8-11H2,1H3,(H,21,22,25)/p+1. The van der Waals surface area contributed by atoms with Crippen LogP contribution in [0, 0.1) is 5.82 Å². The molecule has 1 saturated heterocycles. The number of quaternary nitrogens is 1. The fourth-order valence-corrected chi connectivity index (χ4v) is 3.21. The molecule has 6 heteroatoms. The minimum atomic E-state index is -0.314. The summed E-state index contributed by atoms with van der Waals surface area (Å²) in [6, 6.07) is 11.8. The van der Waals surface area contributed by atoms with E-state index in [-0.39, 0.29) is 11.4 Å². The van der Waals surface area contributed by atoms with E-state index in [1.165, 1.54) is 17.0 Å². The Labute approximate surface area is 144 Å². The molecule has 0 radical (unpaired) electrons. The maximum atomic E-state index is 13.1. The average Bonchev–Trinajstić information content (AvgIpc) is 2.63. The van der Waals surface area contributed by atoms with Crippen LogP contribution in [0.25, 0.3) is 22.3 Å². The van der Waals surface area contributed by atoms with Crippen molar-refractivity contribution in [1.82, 2.24) is 9.97 Å². The second-order valence-electron chi connectivity index (χ2n) is 6.57. The van der Waals surface area contributed by atoms with Gasteiger partial charge in [0.15, 0.2) is 0 Å². The first-order chi connectivity index (χ1) is 12.1. The maximum Gasteiger partial charge on any atom is 0.259 e. The number of piperazine rings is 1. The van der Waals surface area contributed by atoms with E-state index in [1.807, 2.05) is 18.2 Å². The monoisotopic (exact) mass is 339 g/mol. The van der Waals surface area contributed by atoms with Crippen molar-refractivity contribution in [3.63, 3.8) is 0 Å². The Morgan fingerprint density at radius 2 is 1.84 bits per heavy atom. The molecule has 128 valence electrons. The van der Waals surface area contributed by atoms with E-state index in [1.54, 1.807) is 12.1 Å². The van der Waals surface area contributed by atoms with Crippen molar-refractivity contribution in [1.29, 1.82) is 0 Å². The molecule has 0 saturated carbocycles. The molecule has 1 fully saturated rings. The van der Waals surface area contributed by atoms with Gasteiger partial charge in [0, 0.05) is 11.3 Å². The maximum absolute atomic E-state index is 13.1. The number of anilines is 1. The van der Waals surface area contributed by atoms with Gasteiger partial charge in [0.2, 0.25) is 0 Å². The van der Waals surface area contributed by atoms with E-state index in [9.17, 15) is 9.18 Å². The molecule has 4 rings (SSSR count). The number of hydrogen-bond acceptors (Lipinski definition) is 3. The van der Waals surface area contributed by atoms with E-state index in [2.05, 4.69) is 21.9 Å². The highest BCUT2D eigenvalue weighted by Crippen LogP contribution is 2.21. The Bertz CT molecular complexity index is 959. The fraction of sp³-hybridized carbons (Fsp3) is 0.263. The summed E-state index contributed by atoms with van der Waals surface area (Å²) in [7, 11) is 2.20. The summed E-state index contributed by atoms with van der Waals surface area (Å²) in [4.78, 5) is 23.7. The lowest BCUT2D eigenvalue weighted by atomic mass is 10.1. The molecule has 2 N–H and O–H groups in total. The third-order valence-electron chi connectivity index (χ3n) is 4.79. The lowest BCUT2D eigenvalue weighted by Crippen LogP contribution is -3.12. The van der Waals surface area contributed by atoms with Crippen LogP contribution in [0.4, 0.5) is 10.1 Å². The van der Waals surface area contributed by atoms with Gasteiger partial charge in [-0.2, -0.15) is 0 Å². The molecule has 2 heterocycles. The Hall–Kier alpha value is -2.73. The van der Waals surface area contributed by atoms with Crippen LogP contribution >= 0.6 is 0 Å². The number of benzene rings is 2. The van der Waals surface area contributed by atoms with Crippen LogP contribution in [-0.2, 0) is 0 Å². The Morgan fingerprint density at radius 1 is 1.12 bits per heavy atom. The van der Waals surface area contributed by atoms with Gasteiger partial charge in [0.05, 0.1) is 44.1 Å². The van der Waals surface area contributed by atoms with E-state index in [4.69, 9.17) is 0 Å². The van der Waals surface area contributed by atoms with Gasteiger partial charge in [-0.15, -0.1) is 0 Å². The van der Waals surface area contributed by atoms with E-state index < -0.39 is 0 Å². The molecule has 1 aromatic heterocycles. The number of halogens is 1. The van der Waals surface area contributed by atoms with Crippen molar-refractivity contribution in [3.05, 3.63) is 58.6 Å². The van der Waals surface area contributed by atoms with Gasteiger partial charge in [-0.1, -0.05) is 0 Å². The van der Waals surface area contributed by atoms with Crippen LogP contribution in [0.3, 0.4) is 0 Å². The highest BCUT2D eigenvalue weighted by atomic mass is 19.1. The molecular weight excluding hydrogens is 319 g/mol. The smallest absolute Gasteiger partial charge is 0.259 e. The third kappa shape index (κ3) is 3.13. The number of fused-ring (bicyclic) bond motifs is 1. The molecule has 0 unspecified atom stereocenters. The lowest BCUT2D eigenvalue weighted by Gasteiger charge is -2.31. The number of rotatable bonds is 2. The van der Waals surface area contributed by atoms with E-state index in [0.29, 0.717) is 22.3 Å². The quantitative estimate of drug-likeness (QED) is 0.734. The lowest BCUT2D eigenvalue weighted by molar-refractivity contribution is -0.880. The second-order valence-corrected chi connectivity index (χ2v) is 6.57. The molecule has 1 aliphatic heterocycles. The highest BCUT2D eigenvalue weighted by Gasteiger charge is 2.17. The van der Waals surface area contributed by atoms with Gasteiger partial charge in [-0.05, 0) is 42.5 Å². The molecule has 0 bridgehead atoms. The van der Waals surface area contributed by atoms with Gasteiger partial charge in [0.25, 0.3) is 5.56 Å². The summed E-state index contributed by atoms with van der Waals surface area (Å²) in [5, 5.41) is 0.578. The number of aromatic nitrogens is 2.